The number of hydrogen-bond acceptors (Lipinski definition) is 3. The highest BCUT2D eigenvalue weighted by atomic mass is 32.1. The number of benzene rings is 1. The van der Waals surface area contributed by atoms with Crippen LogP contribution in [0.15, 0.2) is 41.8 Å². The lowest BCUT2D eigenvalue weighted by atomic mass is 9.99. The molecule has 0 fully saturated rings. The van der Waals surface area contributed by atoms with Crippen molar-refractivity contribution in [1.29, 1.82) is 0 Å². The fraction of sp³-hybridized carbons (Fsp3) is 0.353. The fourth-order valence-corrected chi connectivity index (χ4v) is 2.88. The first-order valence-electron chi connectivity index (χ1n) is 7.18. The average Bonchev–Trinajstić information content (AvgIpc) is 3.00. The zero-order valence-electron chi connectivity index (χ0n) is 12.7. The second-order valence-electron chi connectivity index (χ2n) is 5.54. The topological polar surface area (TPSA) is 55.1 Å². The lowest BCUT2D eigenvalue weighted by molar-refractivity contribution is -0.123. The van der Waals surface area contributed by atoms with Gasteiger partial charge in [0, 0.05) is 4.88 Å². The predicted molar refractivity (Wildman–Crippen MR) is 88.3 cm³/mol. The number of amides is 1. The van der Waals surface area contributed by atoms with Crippen molar-refractivity contribution in [1.82, 2.24) is 5.32 Å². The fourth-order valence-electron chi connectivity index (χ4n) is 2.15. The molecule has 3 N–H and O–H groups in total. The molecule has 2 atom stereocenters. The quantitative estimate of drug-likeness (QED) is 0.884. The van der Waals surface area contributed by atoms with E-state index in [1.54, 1.807) is 0 Å². The van der Waals surface area contributed by atoms with E-state index in [4.69, 9.17) is 5.73 Å². The molecule has 21 heavy (non-hydrogen) atoms. The second-order valence-corrected chi connectivity index (χ2v) is 6.52. The van der Waals surface area contributed by atoms with Gasteiger partial charge in [-0.3, -0.25) is 4.79 Å². The van der Waals surface area contributed by atoms with Crippen LogP contribution in [0, 0.1) is 0 Å². The van der Waals surface area contributed by atoms with E-state index in [1.165, 1.54) is 16.9 Å². The highest BCUT2D eigenvalue weighted by molar-refractivity contribution is 7.10. The Kier molecular flexibility index (Phi) is 5.15. The van der Waals surface area contributed by atoms with Crippen LogP contribution in [0.1, 0.15) is 54.8 Å². The maximum absolute atomic E-state index is 12.2. The minimum absolute atomic E-state index is 0.0512. The molecule has 0 aliphatic carbocycles. The summed E-state index contributed by atoms with van der Waals surface area (Å²) in [4.78, 5) is 13.1. The lowest BCUT2D eigenvalue weighted by Crippen LogP contribution is -2.35. The van der Waals surface area contributed by atoms with Crippen molar-refractivity contribution in [2.24, 2.45) is 5.73 Å². The van der Waals surface area contributed by atoms with Gasteiger partial charge in [0.05, 0.1) is 6.04 Å². The summed E-state index contributed by atoms with van der Waals surface area (Å²) in [6.45, 7) is 6.31. The first-order valence-corrected chi connectivity index (χ1v) is 8.06. The van der Waals surface area contributed by atoms with Gasteiger partial charge in [0.1, 0.15) is 6.04 Å². The Morgan fingerprint density at radius 3 is 2.24 bits per heavy atom. The van der Waals surface area contributed by atoms with E-state index >= 15 is 0 Å². The first-order chi connectivity index (χ1) is 9.99. The number of nitrogens with one attached hydrogen (secondary N) is 1. The summed E-state index contributed by atoms with van der Waals surface area (Å²) >= 11 is 1.50. The van der Waals surface area contributed by atoms with Crippen molar-refractivity contribution >= 4 is 17.2 Å². The minimum Gasteiger partial charge on any atom is -0.348 e. The van der Waals surface area contributed by atoms with Crippen molar-refractivity contribution < 1.29 is 4.79 Å². The third-order valence-electron chi connectivity index (χ3n) is 3.59. The van der Waals surface area contributed by atoms with Gasteiger partial charge in [-0.2, -0.15) is 0 Å². The highest BCUT2D eigenvalue weighted by Crippen LogP contribution is 2.21. The molecular weight excluding hydrogens is 280 g/mol. The third-order valence-corrected chi connectivity index (χ3v) is 4.55. The largest absolute Gasteiger partial charge is 0.348 e. The van der Waals surface area contributed by atoms with Gasteiger partial charge in [-0.05, 0) is 35.4 Å². The average molecular weight is 302 g/mol. The molecule has 0 radical (unpaired) electrons. The van der Waals surface area contributed by atoms with Crippen LogP contribution in [0.25, 0.3) is 0 Å². The van der Waals surface area contributed by atoms with Gasteiger partial charge in [0.2, 0.25) is 5.91 Å². The van der Waals surface area contributed by atoms with Crippen LogP contribution >= 0.6 is 11.3 Å². The number of carbonyl (C=O) groups excluding carboxylic acids is 1. The summed E-state index contributed by atoms with van der Waals surface area (Å²) in [5, 5.41) is 4.90. The van der Waals surface area contributed by atoms with Gasteiger partial charge < -0.3 is 11.1 Å². The van der Waals surface area contributed by atoms with Crippen molar-refractivity contribution in [2.75, 3.05) is 0 Å². The molecule has 2 aromatic rings. The standard InChI is InChI=1S/C17H22N2OS/c1-11(2)13-6-8-14(9-7-13)12(3)19-17(20)16(18)15-5-4-10-21-15/h4-12,16H,18H2,1-3H3,(H,19,20). The predicted octanol–water partition coefficient (Wildman–Crippen LogP) is 3.75. The zero-order chi connectivity index (χ0) is 15.4. The van der Waals surface area contributed by atoms with Gasteiger partial charge in [-0.15, -0.1) is 11.3 Å². The molecule has 0 saturated carbocycles. The highest BCUT2D eigenvalue weighted by Gasteiger charge is 2.19. The summed E-state index contributed by atoms with van der Waals surface area (Å²) in [6.07, 6.45) is 0. The second kappa shape index (κ2) is 6.87. The molecule has 2 unspecified atom stereocenters. The van der Waals surface area contributed by atoms with Crippen LogP contribution in [0.2, 0.25) is 0 Å². The molecular formula is C17H22N2OS. The van der Waals surface area contributed by atoms with Crippen LogP contribution in [-0.2, 0) is 4.79 Å². The lowest BCUT2D eigenvalue weighted by Gasteiger charge is -2.18. The van der Waals surface area contributed by atoms with Gasteiger partial charge >= 0.3 is 0 Å². The molecule has 1 heterocycles. The van der Waals surface area contributed by atoms with Crippen LogP contribution in [0.4, 0.5) is 0 Å². The Morgan fingerprint density at radius 2 is 1.71 bits per heavy atom. The van der Waals surface area contributed by atoms with E-state index in [0.717, 1.165) is 10.4 Å². The van der Waals surface area contributed by atoms with Gasteiger partial charge in [0.25, 0.3) is 0 Å². The zero-order valence-corrected chi connectivity index (χ0v) is 13.5. The van der Waals surface area contributed by atoms with Gasteiger partial charge in [-0.1, -0.05) is 44.2 Å². The van der Waals surface area contributed by atoms with Gasteiger partial charge in [-0.25, -0.2) is 0 Å². The molecule has 0 aliphatic heterocycles. The molecule has 0 bridgehead atoms. The van der Waals surface area contributed by atoms with Crippen molar-refractivity contribution in [3.63, 3.8) is 0 Å². The van der Waals surface area contributed by atoms with Crippen LogP contribution in [0.3, 0.4) is 0 Å². The van der Waals surface area contributed by atoms with E-state index in [2.05, 4.69) is 43.4 Å². The SMILES string of the molecule is CC(C)c1ccc(C(C)NC(=O)C(N)c2cccs2)cc1. The van der Waals surface area contributed by atoms with Crippen LogP contribution in [0.5, 0.6) is 0 Å². The number of carbonyl (C=O) groups is 1. The van der Waals surface area contributed by atoms with E-state index < -0.39 is 6.04 Å². The number of nitrogens with two attached hydrogens (primary N) is 1. The minimum atomic E-state index is -0.595. The summed E-state index contributed by atoms with van der Waals surface area (Å²) in [6, 6.07) is 11.5. The van der Waals surface area contributed by atoms with E-state index in [1.807, 2.05) is 24.4 Å². The molecule has 0 aliphatic rings. The van der Waals surface area contributed by atoms with E-state index in [9.17, 15) is 4.79 Å². The summed E-state index contributed by atoms with van der Waals surface area (Å²) in [5.41, 5.74) is 8.36. The number of thiophene rings is 1. The molecule has 1 aromatic heterocycles. The monoisotopic (exact) mass is 302 g/mol. The Balaban J connectivity index is 2.00. The smallest absolute Gasteiger partial charge is 0.242 e. The Bertz CT molecular complexity index is 575. The van der Waals surface area contributed by atoms with Gasteiger partial charge in [0.15, 0.2) is 0 Å². The number of hydrogen-bond donors (Lipinski definition) is 2. The molecule has 1 amide bonds. The van der Waals surface area contributed by atoms with Crippen molar-refractivity contribution in [2.45, 2.75) is 38.8 Å². The molecule has 1 aromatic carbocycles. The molecule has 0 spiro atoms. The third kappa shape index (κ3) is 3.93. The summed E-state index contributed by atoms with van der Waals surface area (Å²) in [7, 11) is 0. The van der Waals surface area contributed by atoms with Crippen molar-refractivity contribution in [3.05, 3.63) is 57.8 Å². The van der Waals surface area contributed by atoms with Crippen molar-refractivity contribution in [3.8, 4) is 0 Å². The molecule has 4 heteroatoms. The Morgan fingerprint density at radius 1 is 1.10 bits per heavy atom. The summed E-state index contributed by atoms with van der Waals surface area (Å²) in [5.74, 6) is 0.370. The summed E-state index contributed by atoms with van der Waals surface area (Å²) < 4.78 is 0. The number of rotatable bonds is 5. The molecule has 3 nitrogen and oxygen atoms in total. The van der Waals surface area contributed by atoms with E-state index in [0.29, 0.717) is 5.92 Å². The molecule has 0 saturated heterocycles. The van der Waals surface area contributed by atoms with E-state index in [-0.39, 0.29) is 11.9 Å². The maximum atomic E-state index is 12.2. The van der Waals surface area contributed by atoms with Crippen LogP contribution < -0.4 is 11.1 Å². The van der Waals surface area contributed by atoms with Crippen LogP contribution in [-0.4, -0.2) is 5.91 Å². The normalized spacial score (nSPS) is 14.0. The maximum Gasteiger partial charge on any atom is 0.242 e. The molecule has 112 valence electrons. The Hall–Kier alpha value is -1.65. The first kappa shape index (κ1) is 15.7. The molecule has 2 rings (SSSR count). The Labute approximate surface area is 130 Å².